The quantitative estimate of drug-likeness (QED) is 0.770. The van der Waals surface area contributed by atoms with Crippen LogP contribution in [0, 0.1) is 0 Å². The molecular formula is C12H9BrO2. The van der Waals surface area contributed by atoms with Crippen molar-refractivity contribution in [1.82, 2.24) is 0 Å². The molecule has 0 saturated carbocycles. The first kappa shape index (κ1) is 10.2. The number of furan rings is 1. The highest BCUT2D eigenvalue weighted by atomic mass is 79.9. The van der Waals surface area contributed by atoms with Crippen molar-refractivity contribution in [2.75, 3.05) is 0 Å². The maximum Gasteiger partial charge on any atom is 0.194 e. The van der Waals surface area contributed by atoms with Crippen LogP contribution in [0.2, 0.25) is 0 Å². The van der Waals surface area contributed by atoms with Crippen molar-refractivity contribution in [3.05, 3.63) is 46.6 Å². The molecule has 2 aromatic rings. The first-order valence-corrected chi connectivity index (χ1v) is 5.33. The predicted molar refractivity (Wildman–Crippen MR) is 61.8 cm³/mol. The minimum Gasteiger partial charge on any atom is -0.453 e. The van der Waals surface area contributed by atoms with Crippen molar-refractivity contribution in [3.63, 3.8) is 0 Å². The van der Waals surface area contributed by atoms with Gasteiger partial charge in [0.15, 0.2) is 11.5 Å². The number of carbonyl (C=O) groups excluding carboxylic acids is 1. The second-order valence-electron chi connectivity index (χ2n) is 3.23. The van der Waals surface area contributed by atoms with Gasteiger partial charge in [0.25, 0.3) is 0 Å². The predicted octanol–water partition coefficient (Wildman–Crippen LogP) is 3.91. The van der Waals surface area contributed by atoms with Gasteiger partial charge >= 0.3 is 0 Å². The first-order chi connectivity index (χ1) is 7.16. The van der Waals surface area contributed by atoms with Gasteiger partial charge in [-0.3, -0.25) is 4.79 Å². The van der Waals surface area contributed by atoms with Gasteiger partial charge in [-0.2, -0.15) is 0 Å². The summed E-state index contributed by atoms with van der Waals surface area (Å²) in [5, 5.41) is 0. The van der Waals surface area contributed by atoms with Crippen molar-refractivity contribution in [2.45, 2.75) is 6.92 Å². The molecule has 0 saturated heterocycles. The maximum atomic E-state index is 11.0. The van der Waals surface area contributed by atoms with E-state index in [2.05, 4.69) is 15.9 Å². The largest absolute Gasteiger partial charge is 0.453 e. The molecule has 0 radical (unpaired) electrons. The molecule has 76 valence electrons. The van der Waals surface area contributed by atoms with E-state index < -0.39 is 0 Å². The Labute approximate surface area is 96.0 Å². The van der Waals surface area contributed by atoms with E-state index >= 15 is 0 Å². The van der Waals surface area contributed by atoms with Crippen LogP contribution in [0.15, 0.2) is 45.3 Å². The van der Waals surface area contributed by atoms with Crippen molar-refractivity contribution in [2.24, 2.45) is 0 Å². The smallest absolute Gasteiger partial charge is 0.194 e. The third-order valence-corrected chi connectivity index (χ3v) is 2.61. The lowest BCUT2D eigenvalue weighted by atomic mass is 10.2. The minimum atomic E-state index is -0.0571. The number of ketones is 1. The van der Waals surface area contributed by atoms with Gasteiger partial charge < -0.3 is 4.42 Å². The van der Waals surface area contributed by atoms with E-state index in [0.717, 1.165) is 10.0 Å². The van der Waals surface area contributed by atoms with Gasteiger partial charge in [0.1, 0.15) is 5.76 Å². The molecule has 0 aliphatic rings. The zero-order valence-electron chi connectivity index (χ0n) is 8.16. The molecule has 0 spiro atoms. The fourth-order valence-corrected chi connectivity index (χ4v) is 1.56. The van der Waals surface area contributed by atoms with Crippen molar-refractivity contribution in [1.29, 1.82) is 0 Å². The topological polar surface area (TPSA) is 30.2 Å². The molecule has 0 unspecified atom stereocenters. The van der Waals surface area contributed by atoms with Gasteiger partial charge in [-0.15, -0.1) is 0 Å². The number of Topliss-reactive ketones (excluding diaryl/α,β-unsaturated/α-hetero) is 1. The van der Waals surface area contributed by atoms with Gasteiger partial charge in [0, 0.05) is 17.0 Å². The van der Waals surface area contributed by atoms with Crippen LogP contribution >= 0.6 is 15.9 Å². The Hall–Kier alpha value is -1.35. The summed E-state index contributed by atoms with van der Waals surface area (Å²) < 4.78 is 6.42. The number of hydrogen-bond donors (Lipinski definition) is 0. The highest BCUT2D eigenvalue weighted by Crippen LogP contribution is 2.23. The van der Waals surface area contributed by atoms with Crippen LogP contribution in [0.1, 0.15) is 17.5 Å². The van der Waals surface area contributed by atoms with E-state index in [-0.39, 0.29) is 5.78 Å². The summed E-state index contributed by atoms with van der Waals surface area (Å²) in [6, 6.07) is 11.2. The summed E-state index contributed by atoms with van der Waals surface area (Å²) in [5.74, 6) is 1.05. The Balaban J connectivity index is 2.37. The summed E-state index contributed by atoms with van der Waals surface area (Å²) in [5.41, 5.74) is 0.964. The van der Waals surface area contributed by atoms with E-state index in [1.165, 1.54) is 6.92 Å². The number of carbonyl (C=O) groups is 1. The van der Waals surface area contributed by atoms with Crippen LogP contribution in [0.4, 0.5) is 0 Å². The van der Waals surface area contributed by atoms with Crippen LogP contribution in [0.3, 0.4) is 0 Å². The Bertz CT molecular complexity index is 483. The van der Waals surface area contributed by atoms with E-state index in [4.69, 9.17) is 4.42 Å². The van der Waals surface area contributed by atoms with Crippen LogP contribution in [0.5, 0.6) is 0 Å². The summed E-state index contributed by atoms with van der Waals surface area (Å²) in [4.78, 5) is 11.0. The zero-order valence-corrected chi connectivity index (χ0v) is 9.74. The molecule has 1 aromatic heterocycles. The Morgan fingerprint density at radius 2 is 1.80 bits per heavy atom. The van der Waals surface area contributed by atoms with E-state index in [1.54, 1.807) is 12.1 Å². The molecule has 0 amide bonds. The van der Waals surface area contributed by atoms with Gasteiger partial charge in [0.05, 0.1) is 0 Å². The summed E-state index contributed by atoms with van der Waals surface area (Å²) in [6.07, 6.45) is 0. The lowest BCUT2D eigenvalue weighted by Gasteiger charge is -1.96. The van der Waals surface area contributed by atoms with E-state index in [1.807, 2.05) is 24.3 Å². The number of rotatable bonds is 2. The summed E-state index contributed by atoms with van der Waals surface area (Å²) >= 11 is 3.36. The molecule has 0 N–H and O–H groups in total. The van der Waals surface area contributed by atoms with Crippen LogP contribution in [-0.4, -0.2) is 5.78 Å². The summed E-state index contributed by atoms with van der Waals surface area (Å²) in [6.45, 7) is 1.49. The van der Waals surface area contributed by atoms with Gasteiger partial charge in [-0.25, -0.2) is 0 Å². The molecule has 0 bridgehead atoms. The molecule has 3 heteroatoms. The average Bonchev–Trinajstić information content (AvgIpc) is 2.68. The third kappa shape index (κ3) is 2.18. The van der Waals surface area contributed by atoms with Crippen molar-refractivity contribution >= 4 is 21.7 Å². The third-order valence-electron chi connectivity index (χ3n) is 2.08. The molecule has 1 aromatic carbocycles. The molecule has 0 aliphatic carbocycles. The van der Waals surface area contributed by atoms with Crippen molar-refractivity contribution < 1.29 is 9.21 Å². The van der Waals surface area contributed by atoms with Gasteiger partial charge in [0.2, 0.25) is 0 Å². The zero-order chi connectivity index (χ0) is 10.8. The molecule has 0 aliphatic heterocycles. The van der Waals surface area contributed by atoms with E-state index in [0.29, 0.717) is 11.5 Å². The summed E-state index contributed by atoms with van der Waals surface area (Å²) in [7, 11) is 0. The lowest BCUT2D eigenvalue weighted by molar-refractivity contribution is 0.0988. The molecule has 0 fully saturated rings. The second kappa shape index (κ2) is 4.03. The molecule has 2 rings (SSSR count). The lowest BCUT2D eigenvalue weighted by Crippen LogP contribution is -1.85. The molecule has 1 heterocycles. The minimum absolute atomic E-state index is 0.0571. The van der Waals surface area contributed by atoms with E-state index in [9.17, 15) is 4.79 Å². The van der Waals surface area contributed by atoms with Gasteiger partial charge in [-0.05, 0) is 24.3 Å². The molecule has 15 heavy (non-hydrogen) atoms. The average molecular weight is 265 g/mol. The molecule has 0 atom stereocenters. The van der Waals surface area contributed by atoms with Gasteiger partial charge in [-0.1, -0.05) is 28.1 Å². The fourth-order valence-electron chi connectivity index (χ4n) is 1.30. The first-order valence-electron chi connectivity index (χ1n) is 4.53. The normalized spacial score (nSPS) is 10.3. The Morgan fingerprint density at radius 3 is 2.33 bits per heavy atom. The Kier molecular flexibility index (Phi) is 2.73. The fraction of sp³-hybridized carbons (Fsp3) is 0.0833. The monoisotopic (exact) mass is 264 g/mol. The highest BCUT2D eigenvalue weighted by molar-refractivity contribution is 9.10. The second-order valence-corrected chi connectivity index (χ2v) is 4.14. The SMILES string of the molecule is CC(=O)c1ccc(-c2ccc(Br)cc2)o1. The van der Waals surface area contributed by atoms with Crippen LogP contribution < -0.4 is 0 Å². The standard InChI is InChI=1S/C12H9BrO2/c1-8(14)11-6-7-12(15-11)9-2-4-10(13)5-3-9/h2-7H,1H3. The Morgan fingerprint density at radius 1 is 1.13 bits per heavy atom. The molecule has 2 nitrogen and oxygen atoms in total. The van der Waals surface area contributed by atoms with Crippen LogP contribution in [0.25, 0.3) is 11.3 Å². The van der Waals surface area contributed by atoms with Crippen LogP contribution in [-0.2, 0) is 0 Å². The number of hydrogen-bond acceptors (Lipinski definition) is 2. The number of halogens is 1. The van der Waals surface area contributed by atoms with Crippen molar-refractivity contribution in [3.8, 4) is 11.3 Å². The number of benzene rings is 1. The maximum absolute atomic E-state index is 11.0. The molecular weight excluding hydrogens is 256 g/mol. The highest BCUT2D eigenvalue weighted by Gasteiger charge is 2.07.